The fourth-order valence-electron chi connectivity index (χ4n) is 6.73. The predicted molar refractivity (Wildman–Crippen MR) is 175 cm³/mol. The summed E-state index contributed by atoms with van der Waals surface area (Å²) in [6.45, 7) is 7.37. The molecule has 1 saturated heterocycles. The average Bonchev–Trinajstić information content (AvgIpc) is 3.47. The van der Waals surface area contributed by atoms with Crippen LogP contribution in [0.5, 0.6) is 0 Å². The van der Waals surface area contributed by atoms with Crippen LogP contribution >= 0.6 is 0 Å². The Morgan fingerprint density at radius 2 is 1.70 bits per heavy atom. The van der Waals surface area contributed by atoms with Gasteiger partial charge in [0.15, 0.2) is 5.78 Å². The highest BCUT2D eigenvalue weighted by molar-refractivity contribution is 5.96. The van der Waals surface area contributed by atoms with E-state index >= 15 is 0 Å². The first-order chi connectivity index (χ1) is 21.1. The lowest BCUT2D eigenvalue weighted by Gasteiger charge is -2.32. The Bertz CT molecular complexity index is 1590. The number of aryl methyl sites for hydroxylation is 1. The van der Waals surface area contributed by atoms with Gasteiger partial charge in [0.25, 0.3) is 0 Å². The van der Waals surface area contributed by atoms with Crippen LogP contribution in [0, 0.1) is 17.2 Å². The maximum Gasteiger partial charge on any atom is 0.162 e. The van der Waals surface area contributed by atoms with Gasteiger partial charge in [-0.05, 0) is 92.1 Å². The van der Waals surface area contributed by atoms with E-state index < -0.39 is 0 Å². The minimum Gasteiger partial charge on any atom is -0.347 e. The van der Waals surface area contributed by atoms with E-state index in [1.165, 1.54) is 35.1 Å². The van der Waals surface area contributed by atoms with E-state index in [2.05, 4.69) is 87.3 Å². The molecule has 220 valence electrons. The normalized spacial score (nSPS) is 16.7. The molecule has 0 N–H and O–H groups in total. The monoisotopic (exact) mass is 570 g/mol. The van der Waals surface area contributed by atoms with Crippen molar-refractivity contribution in [2.45, 2.75) is 51.6 Å². The summed E-state index contributed by atoms with van der Waals surface area (Å²) in [5.74, 6) is 0.939. The van der Waals surface area contributed by atoms with Gasteiger partial charge in [0, 0.05) is 61.8 Å². The SMILES string of the molecule is N#Cc1ccc2c(ccn2CCCN2CC=C(c3ccc(C(=O)CCC4CCN(Cc5ccccc5)CC4)cc3)CC2)c1. The second-order valence-corrected chi connectivity index (χ2v) is 12.3. The smallest absolute Gasteiger partial charge is 0.162 e. The molecule has 4 aromatic rings. The molecule has 0 aliphatic carbocycles. The summed E-state index contributed by atoms with van der Waals surface area (Å²) < 4.78 is 2.29. The Balaban J connectivity index is 0.914. The molecule has 0 radical (unpaired) electrons. The minimum atomic E-state index is 0.281. The molecule has 1 fully saturated rings. The zero-order valence-electron chi connectivity index (χ0n) is 25.1. The van der Waals surface area contributed by atoms with Crippen LogP contribution in [0.4, 0.5) is 0 Å². The van der Waals surface area contributed by atoms with Gasteiger partial charge in [-0.15, -0.1) is 0 Å². The number of nitrogens with zero attached hydrogens (tertiary/aromatic N) is 4. The summed E-state index contributed by atoms with van der Waals surface area (Å²) in [6.07, 6.45) is 10.7. The first-order valence-electron chi connectivity index (χ1n) is 15.9. The summed E-state index contributed by atoms with van der Waals surface area (Å²) in [5, 5.41) is 10.3. The summed E-state index contributed by atoms with van der Waals surface area (Å²) >= 11 is 0. The molecule has 1 aromatic heterocycles. The zero-order chi connectivity index (χ0) is 29.4. The molecule has 5 heteroatoms. The van der Waals surface area contributed by atoms with Gasteiger partial charge >= 0.3 is 0 Å². The van der Waals surface area contributed by atoms with Crippen LogP contribution in [0.25, 0.3) is 16.5 Å². The van der Waals surface area contributed by atoms with Gasteiger partial charge in [-0.25, -0.2) is 0 Å². The number of benzene rings is 3. The van der Waals surface area contributed by atoms with Crippen molar-refractivity contribution in [2.75, 3.05) is 32.7 Å². The van der Waals surface area contributed by atoms with Crippen LogP contribution in [-0.4, -0.2) is 52.9 Å². The van der Waals surface area contributed by atoms with E-state index in [1.54, 1.807) is 0 Å². The van der Waals surface area contributed by atoms with Crippen LogP contribution in [-0.2, 0) is 13.1 Å². The van der Waals surface area contributed by atoms with Crippen molar-refractivity contribution in [3.63, 3.8) is 0 Å². The van der Waals surface area contributed by atoms with Crippen molar-refractivity contribution in [1.82, 2.24) is 14.4 Å². The van der Waals surface area contributed by atoms with Gasteiger partial charge in [0.05, 0.1) is 11.6 Å². The maximum absolute atomic E-state index is 13.0. The van der Waals surface area contributed by atoms with E-state index in [0.29, 0.717) is 17.9 Å². The topological polar surface area (TPSA) is 52.3 Å². The molecule has 5 nitrogen and oxygen atoms in total. The number of piperidine rings is 1. The van der Waals surface area contributed by atoms with E-state index in [9.17, 15) is 4.79 Å². The maximum atomic E-state index is 13.0. The van der Waals surface area contributed by atoms with Gasteiger partial charge in [-0.2, -0.15) is 5.26 Å². The molecule has 0 unspecified atom stereocenters. The number of fused-ring (bicyclic) bond motifs is 1. The number of hydrogen-bond donors (Lipinski definition) is 0. The van der Waals surface area contributed by atoms with Gasteiger partial charge in [0.1, 0.15) is 0 Å². The zero-order valence-corrected chi connectivity index (χ0v) is 25.1. The number of Topliss-reactive ketones (excluding diaryl/α,β-unsaturated/α-hetero) is 1. The second kappa shape index (κ2) is 14.0. The number of ketones is 1. The van der Waals surface area contributed by atoms with Crippen LogP contribution in [0.2, 0.25) is 0 Å². The van der Waals surface area contributed by atoms with Gasteiger partial charge in [-0.1, -0.05) is 60.7 Å². The van der Waals surface area contributed by atoms with Crippen LogP contribution in [0.15, 0.2) is 91.1 Å². The number of hydrogen-bond acceptors (Lipinski definition) is 4. The molecule has 0 atom stereocenters. The highest BCUT2D eigenvalue weighted by atomic mass is 16.1. The lowest BCUT2D eigenvalue weighted by molar-refractivity contribution is 0.0961. The van der Waals surface area contributed by atoms with Crippen molar-refractivity contribution in [2.24, 2.45) is 5.92 Å². The third-order valence-electron chi connectivity index (χ3n) is 9.38. The molecule has 0 saturated carbocycles. The number of carbonyl (C=O) groups excluding carboxylic acids is 1. The summed E-state index contributed by atoms with van der Waals surface area (Å²) in [6, 6.07) is 29.3. The van der Waals surface area contributed by atoms with Crippen molar-refractivity contribution < 1.29 is 4.79 Å². The Labute approximate surface area is 256 Å². The van der Waals surface area contributed by atoms with Crippen molar-refractivity contribution in [3.8, 4) is 6.07 Å². The number of likely N-dealkylation sites (tertiary alicyclic amines) is 1. The first-order valence-corrected chi connectivity index (χ1v) is 15.9. The summed E-state index contributed by atoms with van der Waals surface area (Å²) in [5.41, 5.74) is 6.78. The Morgan fingerprint density at radius 1 is 0.884 bits per heavy atom. The van der Waals surface area contributed by atoms with Crippen LogP contribution in [0.1, 0.15) is 65.6 Å². The molecular formula is C38H42N4O. The molecule has 2 aliphatic heterocycles. The van der Waals surface area contributed by atoms with E-state index in [4.69, 9.17) is 5.26 Å². The molecule has 0 amide bonds. The molecule has 2 aliphatic rings. The van der Waals surface area contributed by atoms with Gasteiger partial charge in [0.2, 0.25) is 0 Å². The van der Waals surface area contributed by atoms with Crippen LogP contribution in [0.3, 0.4) is 0 Å². The summed E-state index contributed by atoms with van der Waals surface area (Å²) in [4.78, 5) is 18.0. The third kappa shape index (κ3) is 7.51. The Morgan fingerprint density at radius 3 is 2.44 bits per heavy atom. The van der Waals surface area contributed by atoms with Crippen molar-refractivity contribution >= 4 is 22.3 Å². The standard InChI is InChI=1S/C38H42N4O/c39-28-32-7-13-37-36(27-32)19-26-42(37)21-4-20-40-24-17-34(18-25-40)33-9-11-35(12-10-33)38(43)14-8-30-15-22-41(23-16-30)29-31-5-2-1-3-6-31/h1-3,5-7,9-13,17,19,26-27,30H,4,8,14-16,18,20-25,29H2. The predicted octanol–water partition coefficient (Wildman–Crippen LogP) is 7.57. The fourth-order valence-corrected chi connectivity index (χ4v) is 6.73. The fraction of sp³-hybridized carbons (Fsp3) is 0.368. The minimum absolute atomic E-state index is 0.281. The number of nitriles is 1. The van der Waals surface area contributed by atoms with Crippen molar-refractivity contribution in [3.05, 3.63) is 113 Å². The molecular weight excluding hydrogens is 528 g/mol. The first kappa shape index (κ1) is 29.1. The molecule has 0 bridgehead atoms. The number of rotatable bonds is 11. The van der Waals surface area contributed by atoms with E-state index in [-0.39, 0.29) is 5.78 Å². The number of aromatic nitrogens is 1. The molecule has 43 heavy (non-hydrogen) atoms. The quantitative estimate of drug-likeness (QED) is 0.175. The van der Waals surface area contributed by atoms with E-state index in [1.807, 2.05) is 24.3 Å². The third-order valence-corrected chi connectivity index (χ3v) is 9.38. The largest absolute Gasteiger partial charge is 0.347 e. The average molecular weight is 571 g/mol. The Kier molecular flexibility index (Phi) is 9.47. The lowest BCUT2D eigenvalue weighted by atomic mass is 9.90. The second-order valence-electron chi connectivity index (χ2n) is 12.3. The molecule has 3 aromatic carbocycles. The lowest BCUT2D eigenvalue weighted by Crippen LogP contribution is -2.33. The molecule has 3 heterocycles. The highest BCUT2D eigenvalue weighted by Gasteiger charge is 2.20. The summed E-state index contributed by atoms with van der Waals surface area (Å²) in [7, 11) is 0. The molecule has 0 spiro atoms. The number of carbonyl (C=O) groups is 1. The van der Waals surface area contributed by atoms with Gasteiger partial charge in [-0.3, -0.25) is 14.6 Å². The van der Waals surface area contributed by atoms with Gasteiger partial charge < -0.3 is 4.57 Å². The molecule has 6 rings (SSSR count). The highest BCUT2D eigenvalue weighted by Crippen LogP contribution is 2.26. The van der Waals surface area contributed by atoms with Crippen molar-refractivity contribution in [1.29, 1.82) is 5.26 Å². The van der Waals surface area contributed by atoms with Crippen LogP contribution < -0.4 is 0 Å². The Hall–Kier alpha value is -3.98. The van der Waals surface area contributed by atoms with E-state index in [0.717, 1.165) is 76.0 Å².